The van der Waals surface area contributed by atoms with Gasteiger partial charge in [0.1, 0.15) is 17.7 Å². The molecule has 1 aromatic carbocycles. The normalized spacial score (nSPS) is 16.0. The van der Waals surface area contributed by atoms with Gasteiger partial charge in [0.2, 0.25) is 0 Å². The van der Waals surface area contributed by atoms with Crippen molar-refractivity contribution >= 4 is 33.1 Å². The van der Waals surface area contributed by atoms with E-state index in [-0.39, 0.29) is 17.7 Å². The Morgan fingerprint density at radius 3 is 2.62 bits per heavy atom. The number of pyridine rings is 1. The van der Waals surface area contributed by atoms with Crippen molar-refractivity contribution in [2.24, 2.45) is 0 Å². The van der Waals surface area contributed by atoms with E-state index in [2.05, 4.69) is 30.8 Å². The van der Waals surface area contributed by atoms with Gasteiger partial charge in [-0.2, -0.15) is 0 Å². The number of ether oxygens (including phenoxy) is 2. The van der Waals surface area contributed by atoms with Crippen molar-refractivity contribution in [2.75, 3.05) is 27.2 Å². The number of halogens is 1. The van der Waals surface area contributed by atoms with Crippen LogP contribution < -0.4 is 10.3 Å². The monoisotopic (exact) mass is 571 g/mol. The van der Waals surface area contributed by atoms with E-state index in [1.54, 1.807) is 24.2 Å². The van der Waals surface area contributed by atoms with Crippen LogP contribution in [0.3, 0.4) is 0 Å². The summed E-state index contributed by atoms with van der Waals surface area (Å²) in [7, 11) is 3.62. The number of carbonyl (C=O) groups is 1. The second-order valence-electron chi connectivity index (χ2n) is 10.5. The average molecular weight is 573 g/mol. The summed E-state index contributed by atoms with van der Waals surface area (Å²) in [5.74, 6) is 0.763. The van der Waals surface area contributed by atoms with Crippen LogP contribution in [0.1, 0.15) is 44.7 Å². The fourth-order valence-electron chi connectivity index (χ4n) is 4.63. The van der Waals surface area contributed by atoms with Crippen molar-refractivity contribution in [1.82, 2.24) is 24.3 Å². The van der Waals surface area contributed by atoms with Gasteiger partial charge in [0.25, 0.3) is 5.56 Å². The maximum absolute atomic E-state index is 13.6. The third kappa shape index (κ3) is 6.48. The molecule has 198 valence electrons. The van der Waals surface area contributed by atoms with Crippen LogP contribution in [0.4, 0.5) is 4.79 Å². The molecule has 4 rings (SSSR count). The lowest BCUT2D eigenvalue weighted by atomic mass is 10.1. The van der Waals surface area contributed by atoms with Crippen molar-refractivity contribution in [3.8, 4) is 5.75 Å². The summed E-state index contributed by atoms with van der Waals surface area (Å²) >= 11 is 3.60. The zero-order valence-corrected chi connectivity index (χ0v) is 23.6. The molecule has 0 radical (unpaired) electrons. The quantitative estimate of drug-likeness (QED) is 0.414. The highest BCUT2D eigenvalue weighted by molar-refractivity contribution is 9.10. The van der Waals surface area contributed by atoms with Gasteiger partial charge in [-0.3, -0.25) is 14.3 Å². The summed E-state index contributed by atoms with van der Waals surface area (Å²) in [5.41, 5.74) is 1.54. The number of likely N-dealkylation sites (tertiary alicyclic amines) is 1. The first-order valence-corrected chi connectivity index (χ1v) is 13.2. The largest absolute Gasteiger partial charge is 0.497 e. The van der Waals surface area contributed by atoms with E-state index in [1.807, 2.05) is 57.0 Å². The highest BCUT2D eigenvalue weighted by Gasteiger charge is 2.33. The Morgan fingerprint density at radius 1 is 1.22 bits per heavy atom. The van der Waals surface area contributed by atoms with Crippen molar-refractivity contribution < 1.29 is 14.3 Å². The first kappa shape index (κ1) is 27.1. The maximum atomic E-state index is 13.6. The molecule has 1 amide bonds. The minimum atomic E-state index is -0.532. The van der Waals surface area contributed by atoms with Crippen LogP contribution in [-0.2, 0) is 17.8 Å². The average Bonchev–Trinajstić information content (AvgIpc) is 3.30. The molecule has 1 aliphatic heterocycles. The van der Waals surface area contributed by atoms with Crippen LogP contribution >= 0.6 is 15.9 Å². The summed E-state index contributed by atoms with van der Waals surface area (Å²) in [6, 6.07) is 7.66. The molecule has 3 aromatic rings. The fourth-order valence-corrected chi connectivity index (χ4v) is 5.06. The van der Waals surface area contributed by atoms with Crippen LogP contribution in [-0.4, -0.2) is 69.3 Å². The van der Waals surface area contributed by atoms with Crippen LogP contribution in [0.25, 0.3) is 11.0 Å². The van der Waals surface area contributed by atoms with Gasteiger partial charge in [0.15, 0.2) is 5.65 Å². The number of hydrogen-bond donors (Lipinski definition) is 0. The lowest BCUT2D eigenvalue weighted by Crippen LogP contribution is -2.44. The number of benzene rings is 1. The molecule has 0 spiro atoms. The Morgan fingerprint density at radius 2 is 1.95 bits per heavy atom. The molecule has 3 heterocycles. The Hall–Kier alpha value is -2.98. The molecule has 9 nitrogen and oxygen atoms in total. The molecule has 1 aliphatic rings. The predicted molar refractivity (Wildman–Crippen MR) is 146 cm³/mol. The Kier molecular flexibility index (Phi) is 8.18. The van der Waals surface area contributed by atoms with Gasteiger partial charge in [0.05, 0.1) is 19.0 Å². The molecule has 0 aliphatic carbocycles. The highest BCUT2D eigenvalue weighted by atomic mass is 79.9. The number of likely N-dealkylation sites (N-methyl/N-ethyl adjacent to an activating group) is 1. The lowest BCUT2D eigenvalue weighted by molar-refractivity contribution is 0.0201. The topological polar surface area (TPSA) is 89.8 Å². The number of hydrogen-bond acceptors (Lipinski definition) is 7. The zero-order chi connectivity index (χ0) is 26.7. The lowest BCUT2D eigenvalue weighted by Gasteiger charge is -2.31. The molecular weight excluding hydrogens is 538 g/mol. The first-order chi connectivity index (χ1) is 17.6. The first-order valence-electron chi connectivity index (χ1n) is 12.4. The number of methoxy groups -OCH3 is 1. The van der Waals surface area contributed by atoms with E-state index in [1.165, 1.54) is 0 Å². The van der Waals surface area contributed by atoms with Gasteiger partial charge in [-0.25, -0.2) is 14.8 Å². The minimum absolute atomic E-state index is 0.0524. The van der Waals surface area contributed by atoms with E-state index in [0.717, 1.165) is 34.2 Å². The van der Waals surface area contributed by atoms with E-state index in [4.69, 9.17) is 9.47 Å². The summed E-state index contributed by atoms with van der Waals surface area (Å²) in [6.45, 7) is 7.88. The summed E-state index contributed by atoms with van der Waals surface area (Å²) in [4.78, 5) is 39.1. The van der Waals surface area contributed by atoms with Gasteiger partial charge in [-0.15, -0.1) is 0 Å². The summed E-state index contributed by atoms with van der Waals surface area (Å²) in [6.07, 6.45) is 4.82. The summed E-state index contributed by atoms with van der Waals surface area (Å²) in [5, 5.41) is 0.493. The van der Waals surface area contributed by atoms with E-state index >= 15 is 0 Å². The van der Waals surface area contributed by atoms with Gasteiger partial charge in [0, 0.05) is 36.3 Å². The van der Waals surface area contributed by atoms with Crippen LogP contribution in [0.5, 0.6) is 5.75 Å². The molecule has 1 fully saturated rings. The number of nitrogens with zero attached hydrogens (tertiary/aromatic N) is 5. The van der Waals surface area contributed by atoms with Crippen molar-refractivity contribution in [3.05, 3.63) is 62.7 Å². The molecule has 1 atom stereocenters. The van der Waals surface area contributed by atoms with Gasteiger partial charge in [-0.1, -0.05) is 12.1 Å². The van der Waals surface area contributed by atoms with E-state index in [0.29, 0.717) is 37.2 Å². The SMILES string of the molecule is COc1ccc(Cn2cnc3ncc(Br)c(CN(C)C[C@@H]4CCCN4C(=O)OC(C)(C)C)c3c2=O)cc1. The number of rotatable bonds is 7. The van der Waals surface area contributed by atoms with Crippen molar-refractivity contribution in [3.63, 3.8) is 0 Å². The third-order valence-electron chi connectivity index (χ3n) is 6.38. The molecule has 0 N–H and O–H groups in total. The third-order valence-corrected chi connectivity index (χ3v) is 7.06. The molecule has 1 saturated heterocycles. The predicted octanol–water partition coefficient (Wildman–Crippen LogP) is 4.44. The standard InChI is InChI=1S/C27H34BrN5O4/c1-27(2,3)37-26(35)33-12-6-7-19(33)15-31(4)16-21-22(28)13-29-24-23(21)25(34)32(17-30-24)14-18-8-10-20(36-5)11-9-18/h8-11,13,17,19H,6-7,12,14-16H2,1-5H3/t19-/m0/s1. The van der Waals surface area contributed by atoms with Crippen LogP contribution in [0, 0.1) is 0 Å². The van der Waals surface area contributed by atoms with Gasteiger partial charge in [-0.05, 0) is 79.9 Å². The molecule has 0 unspecified atom stereocenters. The zero-order valence-electron chi connectivity index (χ0n) is 22.0. The van der Waals surface area contributed by atoms with Crippen LogP contribution in [0.2, 0.25) is 0 Å². The molecule has 0 bridgehead atoms. The molecule has 10 heteroatoms. The maximum Gasteiger partial charge on any atom is 0.410 e. The highest BCUT2D eigenvalue weighted by Crippen LogP contribution is 2.25. The summed E-state index contributed by atoms with van der Waals surface area (Å²) < 4.78 is 13.2. The second-order valence-corrected chi connectivity index (χ2v) is 11.3. The second kappa shape index (κ2) is 11.2. The molecule has 0 saturated carbocycles. The Labute approximate surface area is 225 Å². The Balaban J connectivity index is 1.56. The van der Waals surface area contributed by atoms with Crippen molar-refractivity contribution in [2.45, 2.75) is 58.3 Å². The molecule has 2 aromatic heterocycles. The number of amides is 1. The van der Waals surface area contributed by atoms with Gasteiger partial charge < -0.3 is 14.4 Å². The Bertz CT molecular complexity index is 1320. The van der Waals surface area contributed by atoms with Crippen molar-refractivity contribution in [1.29, 1.82) is 0 Å². The minimum Gasteiger partial charge on any atom is -0.497 e. The van der Waals surface area contributed by atoms with Gasteiger partial charge >= 0.3 is 6.09 Å². The molecular formula is C27H34BrN5O4. The number of fused-ring (bicyclic) bond motifs is 1. The number of aromatic nitrogens is 3. The number of carbonyl (C=O) groups excluding carboxylic acids is 1. The molecule has 37 heavy (non-hydrogen) atoms. The van der Waals surface area contributed by atoms with Crippen LogP contribution in [0.15, 0.2) is 46.1 Å². The fraction of sp³-hybridized carbons (Fsp3) is 0.481. The van der Waals surface area contributed by atoms with E-state index < -0.39 is 5.60 Å². The van der Waals surface area contributed by atoms with E-state index in [9.17, 15) is 9.59 Å². The smallest absolute Gasteiger partial charge is 0.410 e.